The van der Waals surface area contributed by atoms with Gasteiger partial charge in [-0.15, -0.1) is 0 Å². The average molecular weight is 484 g/mol. The molecule has 0 bridgehead atoms. The molecule has 190 valence electrons. The molecule has 1 fully saturated rings. The molecule has 1 aromatic carbocycles. The topological polar surface area (TPSA) is 101 Å². The van der Waals surface area contributed by atoms with Crippen molar-refractivity contribution in [3.63, 3.8) is 0 Å². The van der Waals surface area contributed by atoms with Gasteiger partial charge in [-0.2, -0.15) is 0 Å². The summed E-state index contributed by atoms with van der Waals surface area (Å²) in [6, 6.07) is 5.92. The zero-order chi connectivity index (χ0) is 25.7. The van der Waals surface area contributed by atoms with Crippen LogP contribution in [0.4, 0.5) is 14.0 Å². The first kappa shape index (κ1) is 27.2. The molecule has 1 saturated heterocycles. The Bertz CT molecular complexity index is 859. The van der Waals surface area contributed by atoms with Crippen LogP contribution in [0, 0.1) is 0 Å². The number of alkyl halides is 1. The number of amides is 1. The Balaban J connectivity index is 2.34. The predicted octanol–water partition coefficient (Wildman–Crippen LogP) is 4.41. The molecule has 0 N–H and O–H groups in total. The second-order valence-corrected chi connectivity index (χ2v) is 10.00. The molecular formula is C24H34FNO8. The lowest BCUT2D eigenvalue weighted by Crippen LogP contribution is -2.45. The Kier molecular flexibility index (Phi) is 8.74. The molecule has 0 saturated carbocycles. The maximum absolute atomic E-state index is 13.0. The number of nitrogens with zero attached hydrogens (tertiary/aromatic N) is 1. The summed E-state index contributed by atoms with van der Waals surface area (Å²) in [4.78, 5) is 38.7. The maximum atomic E-state index is 13.0. The largest absolute Gasteiger partial charge is 0.509 e. The third-order valence-corrected chi connectivity index (χ3v) is 4.68. The van der Waals surface area contributed by atoms with E-state index in [0.717, 1.165) is 5.56 Å². The molecule has 1 aromatic rings. The van der Waals surface area contributed by atoms with Crippen LogP contribution in [-0.2, 0) is 30.2 Å². The minimum Gasteiger partial charge on any atom is -0.463 e. The first-order valence-corrected chi connectivity index (χ1v) is 11.0. The molecule has 0 aliphatic carbocycles. The van der Waals surface area contributed by atoms with Crippen molar-refractivity contribution >= 4 is 18.2 Å². The van der Waals surface area contributed by atoms with Crippen LogP contribution < -0.4 is 4.74 Å². The van der Waals surface area contributed by atoms with Gasteiger partial charge < -0.3 is 23.7 Å². The van der Waals surface area contributed by atoms with Gasteiger partial charge in [0, 0.05) is 6.92 Å². The lowest BCUT2D eigenvalue weighted by atomic mass is 10.0. The average Bonchev–Trinajstić information content (AvgIpc) is 2.97. The van der Waals surface area contributed by atoms with E-state index in [4.69, 9.17) is 23.7 Å². The fourth-order valence-corrected chi connectivity index (χ4v) is 3.49. The summed E-state index contributed by atoms with van der Waals surface area (Å²) < 4.78 is 39.0. The van der Waals surface area contributed by atoms with Gasteiger partial charge in [0.25, 0.3) is 0 Å². The third-order valence-electron chi connectivity index (χ3n) is 4.68. The number of carbonyl (C=O) groups excluding carboxylic acids is 3. The van der Waals surface area contributed by atoms with Crippen molar-refractivity contribution in [2.24, 2.45) is 0 Å². The molecule has 10 heteroatoms. The molecule has 1 amide bonds. The van der Waals surface area contributed by atoms with Crippen molar-refractivity contribution in [1.82, 2.24) is 4.90 Å². The summed E-state index contributed by atoms with van der Waals surface area (Å²) in [6.45, 7) is 10.5. The number of esters is 1. The maximum Gasteiger partial charge on any atom is 0.509 e. The van der Waals surface area contributed by atoms with Gasteiger partial charge in [0.2, 0.25) is 6.86 Å². The molecule has 3 atom stereocenters. The molecule has 0 radical (unpaired) electrons. The van der Waals surface area contributed by atoms with Crippen molar-refractivity contribution in [3.05, 3.63) is 29.8 Å². The Hall–Kier alpha value is -3.04. The van der Waals surface area contributed by atoms with Gasteiger partial charge in [0.15, 0.2) is 12.2 Å². The number of halogens is 1. The van der Waals surface area contributed by atoms with Crippen molar-refractivity contribution in [3.8, 4) is 5.75 Å². The quantitative estimate of drug-likeness (QED) is 0.433. The summed E-state index contributed by atoms with van der Waals surface area (Å²) in [5.41, 5.74) is -0.797. The monoisotopic (exact) mass is 483 g/mol. The number of ether oxygens (including phenoxy) is 5. The Morgan fingerprint density at radius 1 is 0.971 bits per heavy atom. The van der Waals surface area contributed by atoms with Crippen LogP contribution >= 0.6 is 0 Å². The fraction of sp³-hybridized carbons (Fsp3) is 0.625. The van der Waals surface area contributed by atoms with Gasteiger partial charge in [-0.05, 0) is 65.7 Å². The number of likely N-dealkylation sites (tertiary alicyclic amines) is 1. The number of rotatable bonds is 6. The predicted molar refractivity (Wildman–Crippen MR) is 120 cm³/mol. The van der Waals surface area contributed by atoms with Gasteiger partial charge in [0.05, 0.1) is 12.6 Å². The minimum atomic E-state index is -0.967. The van der Waals surface area contributed by atoms with E-state index in [1.807, 2.05) is 0 Å². The Labute approximate surface area is 199 Å². The van der Waals surface area contributed by atoms with Crippen molar-refractivity contribution in [2.45, 2.75) is 84.3 Å². The Morgan fingerprint density at radius 2 is 1.56 bits per heavy atom. The van der Waals surface area contributed by atoms with E-state index < -0.39 is 54.5 Å². The number of hydrogen-bond donors (Lipinski definition) is 0. The molecule has 2 rings (SSSR count). The van der Waals surface area contributed by atoms with Crippen molar-refractivity contribution in [2.75, 3.05) is 13.4 Å². The highest BCUT2D eigenvalue weighted by molar-refractivity contribution is 5.71. The van der Waals surface area contributed by atoms with E-state index in [9.17, 15) is 18.8 Å². The molecule has 0 unspecified atom stereocenters. The summed E-state index contributed by atoms with van der Waals surface area (Å²) in [5.74, 6) is -0.241. The Morgan fingerprint density at radius 3 is 2.06 bits per heavy atom. The molecule has 9 nitrogen and oxygen atoms in total. The first-order valence-electron chi connectivity index (χ1n) is 11.0. The number of hydrogen-bond acceptors (Lipinski definition) is 8. The second kappa shape index (κ2) is 10.9. The second-order valence-electron chi connectivity index (χ2n) is 10.00. The summed E-state index contributed by atoms with van der Waals surface area (Å²) in [6.07, 6.45) is -3.25. The van der Waals surface area contributed by atoms with Gasteiger partial charge in [0.1, 0.15) is 17.0 Å². The normalized spacial score (nSPS) is 20.5. The molecule has 1 aliphatic heterocycles. The molecular weight excluding hydrogens is 449 g/mol. The summed E-state index contributed by atoms with van der Waals surface area (Å²) in [5, 5.41) is 0. The first-order chi connectivity index (χ1) is 15.7. The number of benzene rings is 1. The van der Waals surface area contributed by atoms with E-state index in [2.05, 4.69) is 0 Å². The van der Waals surface area contributed by atoms with E-state index in [-0.39, 0.29) is 13.0 Å². The lowest BCUT2D eigenvalue weighted by Gasteiger charge is -2.30. The molecule has 1 heterocycles. The smallest absolute Gasteiger partial charge is 0.463 e. The van der Waals surface area contributed by atoms with E-state index in [0.29, 0.717) is 5.75 Å². The van der Waals surface area contributed by atoms with Crippen molar-refractivity contribution < 1.29 is 42.5 Å². The third kappa shape index (κ3) is 8.39. The summed E-state index contributed by atoms with van der Waals surface area (Å²) >= 11 is 0. The molecule has 0 aromatic heterocycles. The molecule has 34 heavy (non-hydrogen) atoms. The molecule has 1 aliphatic rings. The van der Waals surface area contributed by atoms with Crippen LogP contribution in [0.1, 0.15) is 54.0 Å². The van der Waals surface area contributed by atoms with E-state index in [1.54, 1.807) is 65.8 Å². The highest BCUT2D eigenvalue weighted by Gasteiger charge is 2.49. The molecule has 0 spiro atoms. The highest BCUT2D eigenvalue weighted by Crippen LogP contribution is 2.30. The lowest BCUT2D eigenvalue weighted by molar-refractivity contribution is -0.153. The van der Waals surface area contributed by atoms with Gasteiger partial charge in [-0.1, -0.05) is 12.1 Å². The highest BCUT2D eigenvalue weighted by atomic mass is 19.1. The van der Waals surface area contributed by atoms with Crippen molar-refractivity contribution in [1.29, 1.82) is 0 Å². The standard InChI is InChI=1S/C24H34FNO8/c1-15(27)31-20-18(12-16-8-10-17(11-9-16)30-14-25)26(21(28)33-23(2,3)4)13-19(20)32-22(29)34-24(5,6)7/h8-11,18-20H,12-14H2,1-7H3/t18-,19+,20+/m1/s1. The fourth-order valence-electron chi connectivity index (χ4n) is 3.49. The van der Waals surface area contributed by atoms with Crippen LogP contribution in [-0.4, -0.2) is 66.0 Å². The van der Waals surface area contributed by atoms with Crippen LogP contribution in [0.5, 0.6) is 5.75 Å². The number of carbonyl (C=O) groups is 3. The van der Waals surface area contributed by atoms with Gasteiger partial charge in [-0.25, -0.2) is 14.0 Å². The van der Waals surface area contributed by atoms with E-state index >= 15 is 0 Å². The van der Waals surface area contributed by atoms with E-state index in [1.165, 1.54) is 11.8 Å². The zero-order valence-corrected chi connectivity index (χ0v) is 20.8. The van der Waals surface area contributed by atoms with Gasteiger partial charge in [-0.3, -0.25) is 9.69 Å². The van der Waals surface area contributed by atoms with Crippen LogP contribution in [0.15, 0.2) is 24.3 Å². The van der Waals surface area contributed by atoms with Gasteiger partial charge >= 0.3 is 18.2 Å². The van der Waals surface area contributed by atoms with Crippen LogP contribution in [0.25, 0.3) is 0 Å². The van der Waals surface area contributed by atoms with Crippen LogP contribution in [0.3, 0.4) is 0 Å². The minimum absolute atomic E-state index is 0.0557. The zero-order valence-electron chi connectivity index (χ0n) is 20.8. The summed E-state index contributed by atoms with van der Waals surface area (Å²) in [7, 11) is 0. The van der Waals surface area contributed by atoms with Crippen LogP contribution in [0.2, 0.25) is 0 Å². The SMILES string of the molecule is CC(=O)O[C@@H]1[C@@H](OC(=O)OC(C)(C)C)CN(C(=O)OC(C)(C)C)[C@@H]1Cc1ccc(OCF)cc1.